The van der Waals surface area contributed by atoms with Gasteiger partial charge in [0.1, 0.15) is 11.3 Å². The molecule has 0 fully saturated rings. The third-order valence-electron chi connectivity index (χ3n) is 5.55. The Morgan fingerprint density at radius 1 is 1.29 bits per heavy atom. The number of nitrogens with two attached hydrogens (primary N) is 1. The maximum absolute atomic E-state index is 13.4. The van der Waals surface area contributed by atoms with Gasteiger partial charge in [-0.05, 0) is 40.2 Å². The number of fused-ring (bicyclic) bond motifs is 1. The molecule has 3 rings (SSSR count). The fraction of sp³-hybridized carbons (Fsp3) is 0.524. The quantitative estimate of drug-likeness (QED) is 0.383. The predicted molar refractivity (Wildman–Crippen MR) is 123 cm³/mol. The number of nitrogens with zero attached hydrogens (tertiary/aromatic N) is 5. The number of anilines is 1. The number of methoxy groups -OCH3 is 1. The predicted octanol–water partition coefficient (Wildman–Crippen LogP) is 2.68. The molecule has 0 bridgehead atoms. The second kappa shape index (κ2) is 9.65. The zero-order valence-electron chi connectivity index (χ0n) is 18.7. The van der Waals surface area contributed by atoms with Crippen molar-refractivity contribution in [3.05, 3.63) is 38.7 Å². The number of pyridine rings is 1. The van der Waals surface area contributed by atoms with Gasteiger partial charge in [0, 0.05) is 29.9 Å². The number of nitrogen functional groups attached to an aromatic ring is 1. The molecule has 168 valence electrons. The van der Waals surface area contributed by atoms with E-state index in [0.717, 1.165) is 42.0 Å². The molecule has 0 aromatic carbocycles. The molecule has 3 heterocycles. The van der Waals surface area contributed by atoms with E-state index in [1.54, 1.807) is 22.4 Å². The van der Waals surface area contributed by atoms with E-state index in [9.17, 15) is 4.79 Å². The molecule has 0 amide bonds. The van der Waals surface area contributed by atoms with Crippen LogP contribution in [-0.2, 0) is 13.1 Å². The minimum absolute atomic E-state index is 0.0213. The number of hydrogen-bond acceptors (Lipinski definition) is 7. The van der Waals surface area contributed by atoms with E-state index < -0.39 is 0 Å². The molecule has 0 aliphatic carbocycles. The molecule has 31 heavy (non-hydrogen) atoms. The Bertz CT molecular complexity index is 1140. The van der Waals surface area contributed by atoms with Gasteiger partial charge in [-0.15, -0.1) is 0 Å². The van der Waals surface area contributed by atoms with Crippen LogP contribution >= 0.6 is 11.6 Å². The van der Waals surface area contributed by atoms with Crippen LogP contribution < -0.4 is 21.5 Å². The molecule has 0 saturated carbocycles. The average molecular weight is 448 g/mol. The van der Waals surface area contributed by atoms with Crippen molar-refractivity contribution in [2.45, 2.75) is 59.7 Å². The molecule has 10 heteroatoms. The standard InChI is InChI=1S/C21H30ClN7O2/c1-6-13(3)24-8-7-9-28-16-18(22)26-20(23)27-19(16)29(21(28)30)11-15-14(4)17(31-5)12(2)10-25-15/h10,13,24H,6-9,11H2,1-5H3,(H2,23,26,27). The van der Waals surface area contributed by atoms with E-state index in [1.165, 1.54) is 0 Å². The minimum atomic E-state index is -0.221. The van der Waals surface area contributed by atoms with Crippen LogP contribution in [0, 0.1) is 13.8 Å². The van der Waals surface area contributed by atoms with Gasteiger partial charge in [-0.25, -0.2) is 4.79 Å². The van der Waals surface area contributed by atoms with Crippen LogP contribution in [0.4, 0.5) is 5.95 Å². The van der Waals surface area contributed by atoms with E-state index >= 15 is 0 Å². The van der Waals surface area contributed by atoms with Crippen molar-refractivity contribution in [1.29, 1.82) is 0 Å². The van der Waals surface area contributed by atoms with Crippen LogP contribution in [-0.4, -0.2) is 43.8 Å². The minimum Gasteiger partial charge on any atom is -0.496 e. The number of aromatic nitrogens is 5. The molecular formula is C21H30ClN7O2. The fourth-order valence-corrected chi connectivity index (χ4v) is 3.92. The Hall–Kier alpha value is -2.65. The lowest BCUT2D eigenvalue weighted by Crippen LogP contribution is -2.29. The molecule has 3 aromatic rings. The molecule has 0 aliphatic heterocycles. The SMILES string of the molecule is CCC(C)NCCCn1c(=O)n(Cc2ncc(C)c(OC)c2C)c2nc(N)nc(Cl)c21. The number of nitrogens with one attached hydrogen (secondary N) is 1. The highest BCUT2D eigenvalue weighted by atomic mass is 35.5. The first-order valence-electron chi connectivity index (χ1n) is 10.4. The lowest BCUT2D eigenvalue weighted by Gasteiger charge is -2.12. The van der Waals surface area contributed by atoms with E-state index in [1.807, 2.05) is 13.8 Å². The van der Waals surface area contributed by atoms with Gasteiger partial charge in [0.2, 0.25) is 5.95 Å². The molecule has 1 unspecified atom stereocenters. The largest absolute Gasteiger partial charge is 0.496 e. The van der Waals surface area contributed by atoms with E-state index in [4.69, 9.17) is 22.1 Å². The van der Waals surface area contributed by atoms with Gasteiger partial charge >= 0.3 is 5.69 Å². The lowest BCUT2D eigenvalue weighted by atomic mass is 10.1. The smallest absolute Gasteiger partial charge is 0.330 e. The molecule has 0 aliphatic rings. The van der Waals surface area contributed by atoms with Crippen molar-refractivity contribution in [2.24, 2.45) is 0 Å². The van der Waals surface area contributed by atoms with Gasteiger partial charge in [-0.1, -0.05) is 18.5 Å². The van der Waals surface area contributed by atoms with Crippen molar-refractivity contribution in [2.75, 3.05) is 19.4 Å². The maximum Gasteiger partial charge on any atom is 0.330 e. The summed E-state index contributed by atoms with van der Waals surface area (Å²) in [5.74, 6) is 0.776. The van der Waals surface area contributed by atoms with Gasteiger partial charge in [0.25, 0.3) is 0 Å². The maximum atomic E-state index is 13.4. The van der Waals surface area contributed by atoms with E-state index in [-0.39, 0.29) is 23.3 Å². The number of aryl methyl sites for hydroxylation is 2. The molecule has 9 nitrogen and oxygen atoms in total. The van der Waals surface area contributed by atoms with Crippen LogP contribution in [0.5, 0.6) is 5.75 Å². The molecule has 3 N–H and O–H groups in total. The van der Waals surface area contributed by atoms with Crippen LogP contribution in [0.2, 0.25) is 5.15 Å². The summed E-state index contributed by atoms with van der Waals surface area (Å²) < 4.78 is 8.67. The Morgan fingerprint density at radius 2 is 2.03 bits per heavy atom. The Labute approximate surface area is 186 Å². The van der Waals surface area contributed by atoms with E-state index in [2.05, 4.69) is 34.1 Å². The third-order valence-corrected chi connectivity index (χ3v) is 5.81. The van der Waals surface area contributed by atoms with Crippen molar-refractivity contribution >= 4 is 28.7 Å². The van der Waals surface area contributed by atoms with Crippen LogP contribution in [0.15, 0.2) is 11.0 Å². The highest BCUT2D eigenvalue weighted by Crippen LogP contribution is 2.26. The molecule has 0 radical (unpaired) electrons. The normalized spacial score (nSPS) is 12.5. The van der Waals surface area contributed by atoms with Gasteiger partial charge in [0.15, 0.2) is 10.8 Å². The second-order valence-corrected chi connectivity index (χ2v) is 8.09. The topological polar surface area (TPSA) is 113 Å². The van der Waals surface area contributed by atoms with Crippen LogP contribution in [0.25, 0.3) is 11.2 Å². The number of imidazole rings is 1. The van der Waals surface area contributed by atoms with Crippen molar-refractivity contribution in [3.8, 4) is 5.75 Å². The second-order valence-electron chi connectivity index (χ2n) is 7.73. The number of hydrogen-bond donors (Lipinski definition) is 2. The Kier molecular flexibility index (Phi) is 7.17. The summed E-state index contributed by atoms with van der Waals surface area (Å²) >= 11 is 6.39. The molecule has 0 spiro atoms. The fourth-order valence-electron chi connectivity index (χ4n) is 3.64. The van der Waals surface area contributed by atoms with E-state index in [0.29, 0.717) is 23.8 Å². The van der Waals surface area contributed by atoms with Crippen molar-refractivity contribution in [1.82, 2.24) is 29.4 Å². The molecular weight excluding hydrogens is 418 g/mol. The number of ether oxygens (including phenoxy) is 1. The summed E-state index contributed by atoms with van der Waals surface area (Å²) in [6.07, 6.45) is 3.55. The average Bonchev–Trinajstić information content (AvgIpc) is 2.99. The highest BCUT2D eigenvalue weighted by molar-refractivity contribution is 6.33. The number of rotatable bonds is 9. The molecule has 3 aromatic heterocycles. The first-order chi connectivity index (χ1) is 14.8. The summed E-state index contributed by atoms with van der Waals surface area (Å²) in [6.45, 7) is 9.63. The summed E-state index contributed by atoms with van der Waals surface area (Å²) in [7, 11) is 1.62. The van der Waals surface area contributed by atoms with Crippen LogP contribution in [0.1, 0.15) is 43.5 Å². The molecule has 0 saturated heterocycles. The van der Waals surface area contributed by atoms with Crippen molar-refractivity contribution in [3.63, 3.8) is 0 Å². The van der Waals surface area contributed by atoms with Gasteiger partial charge < -0.3 is 15.8 Å². The first kappa shape index (κ1) is 23.0. The van der Waals surface area contributed by atoms with Gasteiger partial charge in [-0.2, -0.15) is 9.97 Å². The summed E-state index contributed by atoms with van der Waals surface area (Å²) in [5, 5.41) is 3.60. The summed E-state index contributed by atoms with van der Waals surface area (Å²) in [6, 6.07) is 0.426. The zero-order valence-corrected chi connectivity index (χ0v) is 19.5. The number of halogens is 1. The summed E-state index contributed by atoms with van der Waals surface area (Å²) in [5.41, 5.74) is 9.03. The highest BCUT2D eigenvalue weighted by Gasteiger charge is 2.21. The van der Waals surface area contributed by atoms with Crippen molar-refractivity contribution < 1.29 is 4.74 Å². The molecule has 1 atom stereocenters. The Morgan fingerprint density at radius 3 is 2.71 bits per heavy atom. The van der Waals surface area contributed by atoms with Gasteiger partial charge in [-0.3, -0.25) is 14.1 Å². The summed E-state index contributed by atoms with van der Waals surface area (Å²) in [4.78, 5) is 26.3. The first-order valence-corrected chi connectivity index (χ1v) is 10.8. The zero-order chi connectivity index (χ0) is 22.7. The van der Waals surface area contributed by atoms with Gasteiger partial charge in [0.05, 0.1) is 19.3 Å². The Balaban J connectivity index is 2.02. The third kappa shape index (κ3) is 4.67. The lowest BCUT2D eigenvalue weighted by molar-refractivity contribution is 0.406. The van der Waals surface area contributed by atoms with Crippen LogP contribution in [0.3, 0.4) is 0 Å². The monoisotopic (exact) mass is 447 g/mol.